The van der Waals surface area contributed by atoms with Gasteiger partial charge in [0.25, 0.3) is 5.91 Å². The first-order valence-electron chi connectivity index (χ1n) is 7.23. The highest BCUT2D eigenvalue weighted by atomic mass is 79.9. The third-order valence-corrected chi connectivity index (χ3v) is 3.49. The van der Waals surface area contributed by atoms with E-state index < -0.39 is 6.09 Å². The molecule has 0 aliphatic heterocycles. The number of imide groups is 1. The molecule has 0 saturated carbocycles. The Hall–Kier alpha value is -1.60. The highest BCUT2D eigenvalue weighted by Gasteiger charge is 2.15. The van der Waals surface area contributed by atoms with Crippen molar-refractivity contribution in [2.24, 2.45) is 0 Å². The third-order valence-electron chi connectivity index (χ3n) is 2.97. The van der Waals surface area contributed by atoms with Gasteiger partial charge in [-0.15, -0.1) is 0 Å². The van der Waals surface area contributed by atoms with Crippen LogP contribution >= 0.6 is 15.9 Å². The molecule has 1 atom stereocenters. The molecule has 6 nitrogen and oxygen atoms in total. The topological polar surface area (TPSA) is 69.1 Å². The van der Waals surface area contributed by atoms with E-state index in [1.807, 2.05) is 31.2 Å². The van der Waals surface area contributed by atoms with Crippen molar-refractivity contribution in [3.05, 3.63) is 28.7 Å². The lowest BCUT2D eigenvalue weighted by Gasteiger charge is -2.17. The third kappa shape index (κ3) is 7.42. The summed E-state index contributed by atoms with van der Waals surface area (Å²) in [7, 11) is 0. The summed E-state index contributed by atoms with van der Waals surface area (Å²) in [5.41, 5.74) is 0. The van der Waals surface area contributed by atoms with Crippen molar-refractivity contribution in [3.63, 3.8) is 0 Å². The molecule has 7 heteroatoms. The standard InChI is InChI=1S/C15H21BrN2O4/c1-3-18(11-14(19)17-15(20)21-4-2)9-10-22-13-7-5-12(16)6-8-13/h5-8H,3-4,9-11H2,1-2H3,(H,17,19,20)/p+1. The van der Waals surface area contributed by atoms with Gasteiger partial charge in [-0.05, 0) is 38.1 Å². The fraction of sp³-hybridized carbons (Fsp3) is 0.467. The second-order valence-electron chi connectivity index (χ2n) is 4.60. The van der Waals surface area contributed by atoms with Crippen molar-refractivity contribution in [2.75, 3.05) is 32.8 Å². The van der Waals surface area contributed by atoms with Gasteiger partial charge >= 0.3 is 6.09 Å². The van der Waals surface area contributed by atoms with Gasteiger partial charge in [-0.25, -0.2) is 4.79 Å². The molecule has 0 aliphatic carbocycles. The van der Waals surface area contributed by atoms with Crippen LogP contribution < -0.4 is 15.0 Å². The minimum atomic E-state index is -0.700. The van der Waals surface area contributed by atoms with Crippen molar-refractivity contribution in [1.29, 1.82) is 0 Å². The van der Waals surface area contributed by atoms with E-state index in [1.165, 1.54) is 0 Å². The second-order valence-corrected chi connectivity index (χ2v) is 5.52. The Labute approximate surface area is 138 Å². The Morgan fingerprint density at radius 3 is 2.50 bits per heavy atom. The Morgan fingerprint density at radius 2 is 1.91 bits per heavy atom. The highest BCUT2D eigenvalue weighted by molar-refractivity contribution is 9.10. The van der Waals surface area contributed by atoms with Crippen molar-refractivity contribution in [1.82, 2.24) is 5.32 Å². The average Bonchev–Trinajstić information content (AvgIpc) is 2.48. The maximum Gasteiger partial charge on any atom is 0.414 e. The number of hydrogen-bond acceptors (Lipinski definition) is 4. The summed E-state index contributed by atoms with van der Waals surface area (Å²) in [4.78, 5) is 23.9. The Balaban J connectivity index is 2.30. The van der Waals surface area contributed by atoms with Crippen LogP contribution in [0.5, 0.6) is 5.75 Å². The first-order chi connectivity index (χ1) is 10.5. The van der Waals surface area contributed by atoms with Gasteiger partial charge < -0.3 is 14.4 Å². The lowest BCUT2D eigenvalue weighted by atomic mass is 10.3. The number of rotatable bonds is 8. The van der Waals surface area contributed by atoms with Crippen LogP contribution in [0.2, 0.25) is 0 Å². The van der Waals surface area contributed by atoms with Gasteiger partial charge in [0.15, 0.2) is 6.54 Å². The number of amides is 2. The molecule has 1 rings (SSSR count). The van der Waals surface area contributed by atoms with Gasteiger partial charge in [-0.1, -0.05) is 15.9 Å². The molecule has 0 aliphatic rings. The van der Waals surface area contributed by atoms with E-state index in [0.29, 0.717) is 13.2 Å². The number of halogens is 1. The number of quaternary nitrogens is 1. The van der Waals surface area contributed by atoms with Crippen molar-refractivity contribution in [3.8, 4) is 5.75 Å². The lowest BCUT2D eigenvalue weighted by Crippen LogP contribution is -3.13. The van der Waals surface area contributed by atoms with Crippen molar-refractivity contribution >= 4 is 27.9 Å². The summed E-state index contributed by atoms with van der Waals surface area (Å²) in [5, 5.41) is 2.19. The minimum Gasteiger partial charge on any atom is -0.488 e. The molecule has 0 heterocycles. The number of ether oxygens (including phenoxy) is 2. The van der Waals surface area contributed by atoms with E-state index in [1.54, 1.807) is 6.92 Å². The summed E-state index contributed by atoms with van der Waals surface area (Å²) in [5.74, 6) is 0.438. The molecule has 0 spiro atoms. The van der Waals surface area contributed by atoms with Crippen LogP contribution in [0.3, 0.4) is 0 Å². The van der Waals surface area contributed by atoms with E-state index in [0.717, 1.165) is 21.7 Å². The van der Waals surface area contributed by atoms with E-state index in [2.05, 4.69) is 26.0 Å². The van der Waals surface area contributed by atoms with Crippen LogP contribution in [0, 0.1) is 0 Å². The zero-order chi connectivity index (χ0) is 16.4. The molecule has 1 unspecified atom stereocenters. The average molecular weight is 374 g/mol. The fourth-order valence-corrected chi connectivity index (χ4v) is 2.05. The van der Waals surface area contributed by atoms with E-state index >= 15 is 0 Å². The fourth-order valence-electron chi connectivity index (χ4n) is 1.79. The molecular weight excluding hydrogens is 352 g/mol. The first-order valence-corrected chi connectivity index (χ1v) is 8.03. The molecule has 1 aromatic carbocycles. The van der Waals surface area contributed by atoms with Crippen LogP contribution in [-0.4, -0.2) is 44.8 Å². The summed E-state index contributed by atoms with van der Waals surface area (Å²) in [6.45, 7) is 6.05. The normalized spacial score (nSPS) is 11.6. The Morgan fingerprint density at radius 1 is 1.23 bits per heavy atom. The molecule has 0 radical (unpaired) electrons. The molecule has 2 amide bonds. The summed E-state index contributed by atoms with van der Waals surface area (Å²) >= 11 is 3.36. The maximum atomic E-state index is 11.7. The Kier molecular flexibility index (Phi) is 8.54. The number of hydrogen-bond donors (Lipinski definition) is 2. The van der Waals surface area contributed by atoms with Crippen molar-refractivity contribution in [2.45, 2.75) is 13.8 Å². The van der Waals surface area contributed by atoms with Crippen LogP contribution in [-0.2, 0) is 9.53 Å². The van der Waals surface area contributed by atoms with Crippen LogP contribution in [0.1, 0.15) is 13.8 Å². The van der Waals surface area contributed by atoms with Gasteiger partial charge in [0.05, 0.1) is 13.2 Å². The van der Waals surface area contributed by atoms with Crippen LogP contribution in [0.4, 0.5) is 4.79 Å². The molecule has 2 N–H and O–H groups in total. The van der Waals surface area contributed by atoms with Gasteiger partial charge in [-0.3, -0.25) is 10.1 Å². The van der Waals surface area contributed by atoms with E-state index in [-0.39, 0.29) is 19.1 Å². The summed E-state index contributed by atoms with van der Waals surface area (Å²) in [6, 6.07) is 7.57. The van der Waals surface area contributed by atoms with Crippen molar-refractivity contribution < 1.29 is 24.0 Å². The largest absolute Gasteiger partial charge is 0.488 e. The quantitative estimate of drug-likeness (QED) is 0.713. The van der Waals surface area contributed by atoms with Gasteiger partial charge in [0, 0.05) is 4.47 Å². The predicted octanol–water partition coefficient (Wildman–Crippen LogP) is 1.01. The zero-order valence-electron chi connectivity index (χ0n) is 12.9. The summed E-state index contributed by atoms with van der Waals surface area (Å²) in [6.07, 6.45) is -0.700. The van der Waals surface area contributed by atoms with E-state index in [9.17, 15) is 9.59 Å². The number of carbonyl (C=O) groups excluding carboxylic acids is 2. The number of alkyl carbamates (subject to hydrolysis) is 1. The highest BCUT2D eigenvalue weighted by Crippen LogP contribution is 2.15. The molecular formula is C15H22BrN2O4+. The predicted molar refractivity (Wildman–Crippen MR) is 86.0 cm³/mol. The molecule has 122 valence electrons. The van der Waals surface area contributed by atoms with E-state index in [4.69, 9.17) is 4.74 Å². The molecule has 0 bridgehead atoms. The van der Waals surface area contributed by atoms with Crippen LogP contribution in [0.25, 0.3) is 0 Å². The monoisotopic (exact) mass is 373 g/mol. The van der Waals surface area contributed by atoms with Gasteiger partial charge in [0.1, 0.15) is 18.9 Å². The minimum absolute atomic E-state index is 0.207. The molecule has 0 fully saturated rings. The maximum absolute atomic E-state index is 11.7. The number of likely N-dealkylation sites (N-methyl/N-ethyl adjacent to an activating group) is 1. The van der Waals surface area contributed by atoms with Crippen LogP contribution in [0.15, 0.2) is 28.7 Å². The molecule has 22 heavy (non-hydrogen) atoms. The lowest BCUT2D eigenvalue weighted by molar-refractivity contribution is -0.890. The summed E-state index contributed by atoms with van der Waals surface area (Å²) < 4.78 is 11.3. The molecule has 0 aromatic heterocycles. The number of benzene rings is 1. The number of nitrogens with one attached hydrogen (secondary N) is 2. The Bertz CT molecular complexity index is 479. The van der Waals surface area contributed by atoms with Gasteiger partial charge in [0.2, 0.25) is 0 Å². The smallest absolute Gasteiger partial charge is 0.414 e. The molecule has 0 saturated heterocycles. The first kappa shape index (κ1) is 18.4. The molecule has 1 aromatic rings. The van der Waals surface area contributed by atoms with Gasteiger partial charge in [-0.2, -0.15) is 0 Å². The number of carbonyl (C=O) groups is 2. The SMILES string of the molecule is CCOC(=O)NC(=O)C[NH+](CC)CCOc1ccc(Br)cc1. The zero-order valence-corrected chi connectivity index (χ0v) is 14.4. The second kappa shape index (κ2) is 10.2.